The maximum Gasteiger partial charge on any atom is 0.233 e. The zero-order valence-electron chi connectivity index (χ0n) is 16.0. The van der Waals surface area contributed by atoms with Crippen LogP contribution in [-0.2, 0) is 9.59 Å². The number of allylic oxidation sites excluding steroid dienone is 2. The van der Waals surface area contributed by atoms with Crippen LogP contribution in [0.4, 0.5) is 0 Å². The van der Waals surface area contributed by atoms with Crippen molar-refractivity contribution in [3.8, 4) is 0 Å². The first-order valence-corrected chi connectivity index (χ1v) is 10.1. The summed E-state index contributed by atoms with van der Waals surface area (Å²) in [6, 6.07) is 0. The molecule has 5 nitrogen and oxygen atoms in total. The minimum absolute atomic E-state index is 0.0138. The van der Waals surface area contributed by atoms with E-state index in [-0.39, 0.29) is 17.7 Å². The molecule has 1 rings (SSSR count). The molecule has 0 spiro atoms. The monoisotopic (exact) mass is 351 g/mol. The Kier molecular flexibility index (Phi) is 12.2. The SMILES string of the molecule is CCCCCCCCC/C=C/CC1CC(=O)N(CCNCCN)C1=O. The molecule has 3 N–H and O–H groups in total. The van der Waals surface area contributed by atoms with Gasteiger partial charge in [-0.3, -0.25) is 14.5 Å². The number of unbranched alkanes of at least 4 members (excludes halogenated alkanes) is 7. The number of hydrogen-bond donors (Lipinski definition) is 2. The van der Waals surface area contributed by atoms with Crippen molar-refractivity contribution >= 4 is 11.8 Å². The molecule has 0 aromatic heterocycles. The summed E-state index contributed by atoms with van der Waals surface area (Å²) in [6.45, 7) is 4.59. The molecule has 0 aliphatic carbocycles. The number of hydrogen-bond acceptors (Lipinski definition) is 4. The van der Waals surface area contributed by atoms with E-state index in [4.69, 9.17) is 5.73 Å². The Bertz CT molecular complexity index is 410. The minimum Gasteiger partial charge on any atom is -0.329 e. The highest BCUT2D eigenvalue weighted by Crippen LogP contribution is 2.22. The van der Waals surface area contributed by atoms with Gasteiger partial charge in [-0.05, 0) is 19.3 Å². The van der Waals surface area contributed by atoms with Gasteiger partial charge in [0.05, 0.1) is 5.92 Å². The summed E-state index contributed by atoms with van der Waals surface area (Å²) < 4.78 is 0. The van der Waals surface area contributed by atoms with Crippen molar-refractivity contribution in [1.82, 2.24) is 10.2 Å². The Morgan fingerprint density at radius 1 is 1.08 bits per heavy atom. The molecule has 25 heavy (non-hydrogen) atoms. The van der Waals surface area contributed by atoms with Gasteiger partial charge in [0.1, 0.15) is 0 Å². The maximum absolute atomic E-state index is 12.3. The van der Waals surface area contributed by atoms with Gasteiger partial charge in [-0.2, -0.15) is 0 Å². The number of carbonyl (C=O) groups excluding carboxylic acids is 2. The molecule has 2 amide bonds. The van der Waals surface area contributed by atoms with Crippen LogP contribution in [-0.4, -0.2) is 42.9 Å². The maximum atomic E-state index is 12.3. The van der Waals surface area contributed by atoms with Crippen LogP contribution < -0.4 is 11.1 Å². The second-order valence-electron chi connectivity index (χ2n) is 6.94. The second-order valence-corrected chi connectivity index (χ2v) is 6.94. The molecule has 0 radical (unpaired) electrons. The second kappa shape index (κ2) is 14.0. The molecule has 144 valence electrons. The fourth-order valence-electron chi connectivity index (χ4n) is 3.19. The predicted molar refractivity (Wildman–Crippen MR) is 103 cm³/mol. The van der Waals surface area contributed by atoms with Gasteiger partial charge in [0.2, 0.25) is 11.8 Å². The quantitative estimate of drug-likeness (QED) is 0.270. The highest BCUT2D eigenvalue weighted by molar-refractivity contribution is 6.03. The number of nitrogens with two attached hydrogens (primary N) is 1. The van der Waals surface area contributed by atoms with Crippen molar-refractivity contribution in [1.29, 1.82) is 0 Å². The molecule has 0 aromatic rings. The number of rotatable bonds is 15. The number of nitrogens with zero attached hydrogens (tertiary/aromatic N) is 1. The van der Waals surface area contributed by atoms with Gasteiger partial charge in [0, 0.05) is 32.6 Å². The van der Waals surface area contributed by atoms with Crippen molar-refractivity contribution in [3.63, 3.8) is 0 Å². The van der Waals surface area contributed by atoms with E-state index < -0.39 is 0 Å². The van der Waals surface area contributed by atoms with Gasteiger partial charge >= 0.3 is 0 Å². The Morgan fingerprint density at radius 2 is 1.80 bits per heavy atom. The first kappa shape index (κ1) is 21.8. The molecule has 5 heteroatoms. The highest BCUT2D eigenvalue weighted by Gasteiger charge is 2.37. The van der Waals surface area contributed by atoms with Crippen molar-refractivity contribution in [3.05, 3.63) is 12.2 Å². The normalized spacial score (nSPS) is 18.0. The third-order valence-corrected chi connectivity index (χ3v) is 4.73. The first-order valence-electron chi connectivity index (χ1n) is 10.1. The first-order chi connectivity index (χ1) is 12.2. The summed E-state index contributed by atoms with van der Waals surface area (Å²) in [7, 11) is 0. The predicted octanol–water partition coefficient (Wildman–Crippen LogP) is 3.00. The molecule has 1 unspecified atom stereocenters. The Labute approximate surface area is 153 Å². The minimum atomic E-state index is -0.160. The summed E-state index contributed by atoms with van der Waals surface area (Å²) in [5, 5.41) is 3.12. The molecule has 1 fully saturated rings. The molecule has 1 heterocycles. The van der Waals surface area contributed by atoms with Crippen LogP contribution in [0.15, 0.2) is 12.2 Å². The molecule has 0 aromatic carbocycles. The lowest BCUT2D eigenvalue weighted by Gasteiger charge is -2.14. The fraction of sp³-hybridized carbons (Fsp3) is 0.800. The number of imide groups is 1. The van der Waals surface area contributed by atoms with E-state index in [1.54, 1.807) is 0 Å². The summed E-state index contributed by atoms with van der Waals surface area (Å²) in [6.07, 6.45) is 15.6. The fourth-order valence-corrected chi connectivity index (χ4v) is 3.19. The Hall–Kier alpha value is -1.20. The van der Waals surface area contributed by atoms with E-state index in [2.05, 4.69) is 24.4 Å². The molecule has 1 aliphatic rings. The van der Waals surface area contributed by atoms with Crippen LogP contribution in [0.25, 0.3) is 0 Å². The molecule has 1 atom stereocenters. The van der Waals surface area contributed by atoms with Crippen LogP contribution in [0, 0.1) is 5.92 Å². The van der Waals surface area contributed by atoms with E-state index in [0.29, 0.717) is 39.0 Å². The van der Waals surface area contributed by atoms with Crippen molar-refractivity contribution in [2.45, 2.75) is 71.1 Å². The lowest BCUT2D eigenvalue weighted by molar-refractivity contribution is -0.139. The van der Waals surface area contributed by atoms with E-state index in [9.17, 15) is 9.59 Å². The molecular formula is C20H37N3O2. The summed E-state index contributed by atoms with van der Waals surface area (Å²) in [5.74, 6) is -0.211. The number of nitrogens with one attached hydrogen (secondary N) is 1. The zero-order chi connectivity index (χ0) is 18.3. The highest BCUT2D eigenvalue weighted by atomic mass is 16.2. The van der Waals surface area contributed by atoms with Gasteiger partial charge in [-0.25, -0.2) is 0 Å². The van der Waals surface area contributed by atoms with E-state index in [0.717, 1.165) is 6.42 Å². The Balaban J connectivity index is 2.12. The van der Waals surface area contributed by atoms with Crippen LogP contribution >= 0.6 is 0 Å². The van der Waals surface area contributed by atoms with Crippen molar-refractivity contribution < 1.29 is 9.59 Å². The average Bonchev–Trinajstić information content (AvgIpc) is 2.87. The molecule has 0 saturated carbocycles. The van der Waals surface area contributed by atoms with Gasteiger partial charge in [0.25, 0.3) is 0 Å². The van der Waals surface area contributed by atoms with Crippen LogP contribution in [0.5, 0.6) is 0 Å². The van der Waals surface area contributed by atoms with Gasteiger partial charge < -0.3 is 11.1 Å². The van der Waals surface area contributed by atoms with Gasteiger partial charge in [0.15, 0.2) is 0 Å². The summed E-state index contributed by atoms with van der Waals surface area (Å²) >= 11 is 0. The standard InChI is InChI=1S/C20H37N3O2/c1-2-3-4-5-6-7-8-9-10-11-12-18-17-19(24)23(20(18)25)16-15-22-14-13-21/h10-11,18,22H,2-9,12-17,21H2,1H3/b11-10+. The van der Waals surface area contributed by atoms with Crippen LogP contribution in [0.2, 0.25) is 0 Å². The lowest BCUT2D eigenvalue weighted by Crippen LogP contribution is -2.37. The zero-order valence-corrected chi connectivity index (χ0v) is 16.0. The number of carbonyl (C=O) groups is 2. The summed E-state index contributed by atoms with van der Waals surface area (Å²) in [4.78, 5) is 25.7. The molecular weight excluding hydrogens is 314 g/mol. The van der Waals surface area contributed by atoms with Crippen LogP contribution in [0.3, 0.4) is 0 Å². The molecule has 1 aliphatic heterocycles. The van der Waals surface area contributed by atoms with Crippen molar-refractivity contribution in [2.75, 3.05) is 26.2 Å². The summed E-state index contributed by atoms with van der Waals surface area (Å²) in [5.41, 5.74) is 5.41. The Morgan fingerprint density at radius 3 is 2.52 bits per heavy atom. The van der Waals surface area contributed by atoms with Crippen LogP contribution in [0.1, 0.15) is 71.1 Å². The largest absolute Gasteiger partial charge is 0.329 e. The average molecular weight is 352 g/mol. The van der Waals surface area contributed by atoms with Gasteiger partial charge in [-0.15, -0.1) is 0 Å². The van der Waals surface area contributed by atoms with E-state index in [1.165, 1.54) is 49.8 Å². The van der Waals surface area contributed by atoms with Crippen molar-refractivity contribution in [2.24, 2.45) is 11.7 Å². The lowest BCUT2D eigenvalue weighted by atomic mass is 10.0. The van der Waals surface area contributed by atoms with E-state index in [1.807, 2.05) is 0 Å². The molecule has 0 bridgehead atoms. The topological polar surface area (TPSA) is 75.4 Å². The third kappa shape index (κ3) is 9.17. The smallest absolute Gasteiger partial charge is 0.233 e. The number of likely N-dealkylation sites (tertiary alicyclic amines) is 1. The third-order valence-electron chi connectivity index (χ3n) is 4.73. The van der Waals surface area contributed by atoms with Gasteiger partial charge in [-0.1, -0.05) is 57.6 Å². The van der Waals surface area contributed by atoms with E-state index >= 15 is 0 Å². The number of amides is 2. The molecule has 1 saturated heterocycles.